The van der Waals surface area contributed by atoms with Crippen LogP contribution in [0.4, 0.5) is 34.5 Å². The number of halogens is 1. The average Bonchev–Trinajstić information content (AvgIpc) is 2.93. The van der Waals surface area contributed by atoms with Gasteiger partial charge in [0.2, 0.25) is 16.0 Å². The minimum Gasteiger partial charge on any atom is -0.494 e. The average molecular weight is 600 g/mol. The second-order valence-electron chi connectivity index (χ2n) is 9.69. The maximum atomic E-state index is 12.2. The Hall–Kier alpha value is -3.94. The van der Waals surface area contributed by atoms with Gasteiger partial charge in [-0.2, -0.15) is 4.98 Å². The van der Waals surface area contributed by atoms with Crippen LogP contribution in [0, 0.1) is 0 Å². The Morgan fingerprint density at radius 2 is 1.76 bits per heavy atom. The van der Waals surface area contributed by atoms with E-state index in [2.05, 4.69) is 73.2 Å². The highest BCUT2D eigenvalue weighted by atomic mass is 35.5. The van der Waals surface area contributed by atoms with Gasteiger partial charge in [-0.25, -0.2) is 13.4 Å². The Morgan fingerprint density at radius 3 is 2.44 bits per heavy atom. The normalized spacial score (nSPS) is 11.5. The zero-order valence-corrected chi connectivity index (χ0v) is 25.4. The molecule has 2 aromatic carbocycles. The van der Waals surface area contributed by atoms with Gasteiger partial charge < -0.3 is 25.2 Å². The highest BCUT2D eigenvalue weighted by Crippen LogP contribution is 2.37. The first-order valence-corrected chi connectivity index (χ1v) is 15.1. The van der Waals surface area contributed by atoms with E-state index in [9.17, 15) is 8.42 Å². The summed E-state index contributed by atoms with van der Waals surface area (Å²) in [6.45, 7) is 3.88. The third-order valence-electron chi connectivity index (χ3n) is 6.25. The maximum Gasteiger partial charge on any atom is 0.229 e. The molecule has 0 atom stereocenters. The fourth-order valence-electron chi connectivity index (χ4n) is 4.18. The van der Waals surface area contributed by atoms with Crippen LogP contribution in [0.2, 0.25) is 5.02 Å². The first-order chi connectivity index (χ1) is 19.5. The van der Waals surface area contributed by atoms with Crippen LogP contribution in [0.5, 0.6) is 5.75 Å². The summed E-state index contributed by atoms with van der Waals surface area (Å²) >= 11 is 6.45. The molecule has 41 heavy (non-hydrogen) atoms. The molecule has 0 amide bonds. The second kappa shape index (κ2) is 12.7. The summed E-state index contributed by atoms with van der Waals surface area (Å²) in [4.78, 5) is 21.8. The van der Waals surface area contributed by atoms with Crippen molar-refractivity contribution in [1.29, 1.82) is 0 Å². The monoisotopic (exact) mass is 599 g/mol. The van der Waals surface area contributed by atoms with E-state index in [1.54, 1.807) is 19.2 Å². The summed E-state index contributed by atoms with van der Waals surface area (Å²) in [5, 5.41) is 6.60. The summed E-state index contributed by atoms with van der Waals surface area (Å²) in [6, 6.07) is 7.44. The zero-order valence-electron chi connectivity index (χ0n) is 23.9. The molecule has 14 heteroatoms. The number of methoxy groups -OCH3 is 1. The SMILES string of the molecule is CCc1cc(Nc2ncc(Cl)c(Nc3ccc4nccnc4c3NS(C)(=O)=O)n2)c(OC)cc1N(C)CCN(C)C. The summed E-state index contributed by atoms with van der Waals surface area (Å²) in [5.74, 6) is 1.16. The molecule has 2 heterocycles. The van der Waals surface area contributed by atoms with E-state index in [1.807, 2.05) is 12.1 Å². The molecule has 12 nitrogen and oxygen atoms in total. The number of nitrogens with zero attached hydrogens (tertiary/aromatic N) is 6. The Morgan fingerprint density at radius 1 is 1.00 bits per heavy atom. The van der Waals surface area contributed by atoms with Gasteiger partial charge in [-0.1, -0.05) is 18.5 Å². The van der Waals surface area contributed by atoms with Crippen LogP contribution in [0.25, 0.3) is 11.0 Å². The second-order valence-corrected chi connectivity index (χ2v) is 11.8. The lowest BCUT2D eigenvalue weighted by Gasteiger charge is -2.25. The van der Waals surface area contributed by atoms with Gasteiger partial charge in [0.25, 0.3) is 0 Å². The first kappa shape index (κ1) is 30.0. The lowest BCUT2D eigenvalue weighted by molar-refractivity contribution is 0.413. The molecule has 0 saturated carbocycles. The predicted molar refractivity (Wildman–Crippen MR) is 166 cm³/mol. The van der Waals surface area contributed by atoms with Crippen molar-refractivity contribution in [2.24, 2.45) is 0 Å². The molecule has 0 spiro atoms. The van der Waals surface area contributed by atoms with Gasteiger partial charge in [0.1, 0.15) is 16.3 Å². The fraction of sp³-hybridized carbons (Fsp3) is 0.333. The third-order valence-corrected chi connectivity index (χ3v) is 7.10. The third kappa shape index (κ3) is 7.43. The Labute approximate surface area is 245 Å². The highest BCUT2D eigenvalue weighted by Gasteiger charge is 2.18. The number of ether oxygens (including phenoxy) is 1. The molecule has 0 unspecified atom stereocenters. The number of hydrogen-bond acceptors (Lipinski definition) is 11. The van der Waals surface area contributed by atoms with E-state index >= 15 is 0 Å². The van der Waals surface area contributed by atoms with Gasteiger partial charge in [-0.15, -0.1) is 0 Å². The molecule has 0 aliphatic carbocycles. The fourth-order valence-corrected chi connectivity index (χ4v) is 4.90. The number of anilines is 6. The first-order valence-electron chi connectivity index (χ1n) is 12.8. The quantitative estimate of drug-likeness (QED) is 0.212. The Balaban J connectivity index is 1.67. The minimum absolute atomic E-state index is 0.227. The van der Waals surface area contributed by atoms with Crippen molar-refractivity contribution >= 4 is 67.2 Å². The summed E-state index contributed by atoms with van der Waals surface area (Å²) in [7, 11) is 4.15. The van der Waals surface area contributed by atoms with Crippen molar-refractivity contribution < 1.29 is 13.2 Å². The molecule has 0 bridgehead atoms. The van der Waals surface area contributed by atoms with E-state index in [0.717, 1.165) is 37.0 Å². The smallest absolute Gasteiger partial charge is 0.229 e. The van der Waals surface area contributed by atoms with Crippen LogP contribution >= 0.6 is 11.6 Å². The number of fused-ring (bicyclic) bond motifs is 1. The van der Waals surface area contributed by atoms with Gasteiger partial charge in [-0.3, -0.25) is 14.7 Å². The minimum atomic E-state index is -3.63. The van der Waals surface area contributed by atoms with Crippen LogP contribution in [0.3, 0.4) is 0 Å². The number of hydrogen-bond donors (Lipinski definition) is 3. The molecule has 0 saturated heterocycles. The maximum absolute atomic E-state index is 12.2. The summed E-state index contributed by atoms with van der Waals surface area (Å²) in [6.07, 6.45) is 6.36. The van der Waals surface area contributed by atoms with Gasteiger partial charge in [0, 0.05) is 44.3 Å². The van der Waals surface area contributed by atoms with Crippen molar-refractivity contribution in [3.8, 4) is 5.75 Å². The number of aromatic nitrogens is 4. The van der Waals surface area contributed by atoms with E-state index in [-0.39, 0.29) is 22.5 Å². The molecule has 218 valence electrons. The number of benzene rings is 2. The van der Waals surface area contributed by atoms with Crippen molar-refractivity contribution in [2.75, 3.05) is 67.9 Å². The highest BCUT2D eigenvalue weighted by molar-refractivity contribution is 7.92. The van der Waals surface area contributed by atoms with E-state index < -0.39 is 10.0 Å². The number of likely N-dealkylation sites (N-methyl/N-ethyl adjacent to an activating group) is 2. The molecule has 0 aliphatic rings. The van der Waals surface area contributed by atoms with Crippen LogP contribution in [0.15, 0.2) is 42.9 Å². The molecule has 0 aliphatic heterocycles. The van der Waals surface area contributed by atoms with Crippen molar-refractivity contribution in [1.82, 2.24) is 24.8 Å². The van der Waals surface area contributed by atoms with Gasteiger partial charge in [0.15, 0.2) is 5.82 Å². The summed E-state index contributed by atoms with van der Waals surface area (Å²) < 4.78 is 32.5. The van der Waals surface area contributed by atoms with Crippen LogP contribution in [-0.2, 0) is 16.4 Å². The van der Waals surface area contributed by atoms with E-state index in [0.29, 0.717) is 28.2 Å². The lowest BCUT2D eigenvalue weighted by atomic mass is 10.1. The number of rotatable bonds is 12. The summed E-state index contributed by atoms with van der Waals surface area (Å²) in [5.41, 5.74) is 4.44. The number of nitrogens with one attached hydrogen (secondary N) is 3. The van der Waals surface area contributed by atoms with E-state index in [4.69, 9.17) is 16.3 Å². The van der Waals surface area contributed by atoms with Crippen molar-refractivity contribution in [3.63, 3.8) is 0 Å². The van der Waals surface area contributed by atoms with Crippen LogP contribution in [-0.4, -0.2) is 80.9 Å². The Bertz CT molecular complexity index is 1650. The molecular formula is C27H34ClN9O3S. The van der Waals surface area contributed by atoms with Gasteiger partial charge in [0.05, 0.1) is 42.1 Å². The molecular weight excluding hydrogens is 566 g/mol. The van der Waals surface area contributed by atoms with Crippen LogP contribution < -0.4 is 25.0 Å². The molecule has 3 N–H and O–H groups in total. The zero-order chi connectivity index (χ0) is 29.7. The number of sulfonamides is 1. The predicted octanol–water partition coefficient (Wildman–Crippen LogP) is 4.50. The molecule has 4 rings (SSSR count). The lowest BCUT2D eigenvalue weighted by Crippen LogP contribution is -2.29. The van der Waals surface area contributed by atoms with Crippen molar-refractivity contribution in [3.05, 3.63) is 53.4 Å². The number of aryl methyl sites for hydroxylation is 1. The van der Waals surface area contributed by atoms with Crippen molar-refractivity contribution in [2.45, 2.75) is 13.3 Å². The topological polar surface area (TPSA) is 138 Å². The van der Waals surface area contributed by atoms with Gasteiger partial charge in [-0.05, 0) is 44.3 Å². The molecule has 0 radical (unpaired) electrons. The molecule has 2 aromatic heterocycles. The van der Waals surface area contributed by atoms with Gasteiger partial charge >= 0.3 is 0 Å². The molecule has 4 aromatic rings. The van der Waals surface area contributed by atoms with Crippen LogP contribution in [0.1, 0.15) is 12.5 Å². The Kier molecular flexibility index (Phi) is 9.31. The largest absolute Gasteiger partial charge is 0.494 e. The standard InChI is InChI=1S/C27H34ClN9O3S/c1-7-17-14-21(23(40-5)15-22(17)37(4)13-12-36(2)3)33-27-31-16-18(28)26(34-27)32-20-9-8-19-24(30-11-10-29-19)25(20)35-41(6,38)39/h8-11,14-16,35H,7,12-13H2,1-6H3,(H2,31,32,33,34). The van der Waals surface area contributed by atoms with E-state index in [1.165, 1.54) is 18.6 Å². The molecule has 0 fully saturated rings.